The summed E-state index contributed by atoms with van der Waals surface area (Å²) in [5, 5.41) is 3.56. The van der Waals surface area contributed by atoms with Crippen LogP contribution >= 0.6 is 22.9 Å². The molecule has 1 amide bonds. The Kier molecular flexibility index (Phi) is 6.57. The minimum Gasteiger partial charge on any atom is -0.454 e. The topological polar surface area (TPSA) is 89.6 Å². The molecule has 2 atom stereocenters. The molecule has 36 heavy (non-hydrogen) atoms. The highest BCUT2D eigenvalue weighted by molar-refractivity contribution is 7.84. The maximum absolute atomic E-state index is 13.7. The molecule has 190 valence electrons. The third-order valence-electron chi connectivity index (χ3n) is 6.19. The molecule has 3 aromatic rings. The van der Waals surface area contributed by atoms with Crippen molar-refractivity contribution in [1.82, 2.24) is 9.71 Å². The molecule has 0 saturated heterocycles. The van der Waals surface area contributed by atoms with Crippen molar-refractivity contribution in [2.24, 2.45) is 0 Å². The van der Waals surface area contributed by atoms with E-state index in [1.54, 1.807) is 12.3 Å². The van der Waals surface area contributed by atoms with Crippen LogP contribution in [0.5, 0.6) is 11.5 Å². The second-order valence-corrected chi connectivity index (χ2v) is 13.2. The minimum absolute atomic E-state index is 0.148. The Morgan fingerprint density at radius 2 is 1.94 bits per heavy atom. The quantitative estimate of drug-likeness (QED) is 0.407. The Morgan fingerprint density at radius 3 is 2.64 bits per heavy atom. The first-order chi connectivity index (χ1) is 17.1. The summed E-state index contributed by atoms with van der Waals surface area (Å²) in [6.07, 6.45) is 3.05. The molecule has 2 heterocycles. The van der Waals surface area contributed by atoms with Crippen molar-refractivity contribution < 1.29 is 22.9 Å². The smallest absolute Gasteiger partial charge is 0.236 e. The Hall–Kier alpha value is -2.53. The number of aromatic nitrogens is 1. The van der Waals surface area contributed by atoms with Crippen molar-refractivity contribution in [1.29, 1.82) is 0 Å². The van der Waals surface area contributed by atoms with Gasteiger partial charge in [0.2, 0.25) is 12.7 Å². The molecule has 0 radical (unpaired) electrons. The Labute approximate surface area is 220 Å². The fourth-order valence-electron chi connectivity index (χ4n) is 3.95. The molecule has 1 unspecified atom stereocenters. The maximum Gasteiger partial charge on any atom is 0.236 e. The van der Waals surface area contributed by atoms with Gasteiger partial charge in [0.25, 0.3) is 0 Å². The van der Waals surface area contributed by atoms with Gasteiger partial charge in [0, 0.05) is 16.1 Å². The molecule has 1 fully saturated rings. The van der Waals surface area contributed by atoms with Gasteiger partial charge in [0.05, 0.1) is 27.2 Å². The summed E-state index contributed by atoms with van der Waals surface area (Å²) >= 11 is 7.61. The van der Waals surface area contributed by atoms with Crippen molar-refractivity contribution in [2.75, 3.05) is 12.1 Å². The van der Waals surface area contributed by atoms with Crippen molar-refractivity contribution in [3.05, 3.63) is 69.4 Å². The Balaban J connectivity index is 1.39. The number of anilines is 1. The first-order valence-corrected chi connectivity index (χ1v) is 13.7. The number of halogens is 2. The van der Waals surface area contributed by atoms with Crippen LogP contribution in [0.4, 0.5) is 9.52 Å². The van der Waals surface area contributed by atoms with Gasteiger partial charge in [-0.25, -0.2) is 18.3 Å². The van der Waals surface area contributed by atoms with Crippen molar-refractivity contribution in [3.8, 4) is 11.5 Å². The van der Waals surface area contributed by atoms with Gasteiger partial charge in [-0.05, 0) is 69.0 Å². The molecule has 2 N–H and O–H groups in total. The number of thiazole rings is 1. The van der Waals surface area contributed by atoms with Gasteiger partial charge < -0.3 is 14.8 Å². The second kappa shape index (κ2) is 9.41. The lowest BCUT2D eigenvalue weighted by molar-refractivity contribution is -0.118. The molecule has 2 aromatic carbocycles. The number of carbonyl (C=O) groups is 1. The van der Waals surface area contributed by atoms with Crippen LogP contribution in [0.3, 0.4) is 0 Å². The summed E-state index contributed by atoms with van der Waals surface area (Å²) in [4.78, 5) is 18.4. The summed E-state index contributed by atoms with van der Waals surface area (Å²) in [5.74, 6) is 0.699. The highest BCUT2D eigenvalue weighted by Crippen LogP contribution is 2.51. The number of carbonyl (C=O) groups excluding carboxylic acids is 1. The number of hydrogen-bond donors (Lipinski definition) is 2. The zero-order valence-electron chi connectivity index (χ0n) is 19.9. The van der Waals surface area contributed by atoms with E-state index in [2.05, 4.69) is 15.0 Å². The summed E-state index contributed by atoms with van der Waals surface area (Å²) in [7, 11) is -1.45. The monoisotopic (exact) mass is 549 g/mol. The lowest BCUT2D eigenvalue weighted by Crippen LogP contribution is -2.36. The van der Waals surface area contributed by atoms with Gasteiger partial charge in [-0.2, -0.15) is 0 Å². The molecule has 7 nitrogen and oxygen atoms in total. The summed E-state index contributed by atoms with van der Waals surface area (Å²) < 4.78 is 40.1. The van der Waals surface area contributed by atoms with Crippen LogP contribution < -0.4 is 19.5 Å². The van der Waals surface area contributed by atoms with Crippen LogP contribution in [0.2, 0.25) is 5.02 Å². The molecule has 1 aromatic heterocycles. The standard InChI is InChI=1S/C25H25ClFN3O4S2/c1-24(2,3)36(32)30-21(16-6-5-15(27)11-17(16)26)20-12-28-23(35-20)29-22(31)25(8-9-25)14-4-7-18-19(10-14)34-13-33-18/h4-7,10-12,21,30H,8-9,13H2,1-3H3,(H,28,29,31)/t21-,36?/m1/s1. The lowest BCUT2D eigenvalue weighted by atomic mass is 9.94. The number of rotatable bonds is 7. The van der Waals surface area contributed by atoms with E-state index in [4.69, 9.17) is 21.1 Å². The van der Waals surface area contributed by atoms with E-state index in [9.17, 15) is 13.4 Å². The maximum atomic E-state index is 13.7. The molecule has 11 heteroatoms. The zero-order valence-corrected chi connectivity index (χ0v) is 22.3. The molecule has 0 spiro atoms. The molecule has 1 aliphatic carbocycles. The fourth-order valence-corrected chi connectivity index (χ4v) is 6.01. The van der Waals surface area contributed by atoms with E-state index < -0.39 is 33.0 Å². The number of benzene rings is 2. The molecule has 1 aliphatic heterocycles. The number of hydrogen-bond acceptors (Lipinski definition) is 6. The molecular weight excluding hydrogens is 525 g/mol. The van der Waals surface area contributed by atoms with E-state index in [1.807, 2.05) is 39.0 Å². The third kappa shape index (κ3) is 4.87. The summed E-state index contributed by atoms with van der Waals surface area (Å²) in [6, 6.07) is 9.06. The first-order valence-electron chi connectivity index (χ1n) is 11.4. The first kappa shape index (κ1) is 25.1. The van der Waals surface area contributed by atoms with Crippen LogP contribution in [0.25, 0.3) is 0 Å². The number of amides is 1. The predicted molar refractivity (Wildman–Crippen MR) is 139 cm³/mol. The van der Waals surface area contributed by atoms with Crippen LogP contribution in [-0.4, -0.2) is 26.6 Å². The van der Waals surface area contributed by atoms with Gasteiger partial charge in [0.15, 0.2) is 16.6 Å². The van der Waals surface area contributed by atoms with Gasteiger partial charge in [-0.3, -0.25) is 4.79 Å². The predicted octanol–water partition coefficient (Wildman–Crippen LogP) is 5.48. The lowest BCUT2D eigenvalue weighted by Gasteiger charge is -2.24. The van der Waals surface area contributed by atoms with Gasteiger partial charge in [-0.1, -0.05) is 35.1 Å². The molecule has 1 saturated carbocycles. The SMILES string of the molecule is CC(C)(C)S(=O)N[C@@H](c1cnc(NC(=O)C2(c3ccc4c(c3)OCO4)CC2)s1)c1ccc(F)cc1Cl. The summed E-state index contributed by atoms with van der Waals surface area (Å²) in [6.45, 7) is 5.72. The largest absolute Gasteiger partial charge is 0.454 e. The van der Waals surface area contributed by atoms with Gasteiger partial charge in [0.1, 0.15) is 5.82 Å². The van der Waals surface area contributed by atoms with E-state index >= 15 is 0 Å². The van der Waals surface area contributed by atoms with Crippen LogP contribution in [-0.2, 0) is 21.2 Å². The van der Waals surface area contributed by atoms with E-state index in [-0.39, 0.29) is 17.7 Å². The average Bonchev–Trinajstić information content (AvgIpc) is 3.28. The number of nitrogens with zero attached hydrogens (tertiary/aromatic N) is 1. The fraction of sp³-hybridized carbons (Fsp3) is 0.360. The van der Waals surface area contributed by atoms with E-state index in [0.717, 1.165) is 18.4 Å². The van der Waals surface area contributed by atoms with Crippen molar-refractivity contribution >= 4 is 45.0 Å². The number of fused-ring (bicyclic) bond motifs is 1. The highest BCUT2D eigenvalue weighted by atomic mass is 35.5. The van der Waals surface area contributed by atoms with Crippen molar-refractivity contribution in [3.63, 3.8) is 0 Å². The number of ether oxygens (including phenoxy) is 2. The van der Waals surface area contributed by atoms with E-state index in [1.165, 1.54) is 23.5 Å². The second-order valence-electron chi connectivity index (χ2n) is 9.77. The van der Waals surface area contributed by atoms with Crippen molar-refractivity contribution in [2.45, 2.75) is 49.8 Å². The Morgan fingerprint density at radius 1 is 1.19 bits per heavy atom. The third-order valence-corrected chi connectivity index (χ3v) is 9.06. The molecule has 5 rings (SSSR count). The van der Waals surface area contributed by atoms with Crippen LogP contribution in [0, 0.1) is 5.82 Å². The minimum atomic E-state index is -1.45. The molecule has 2 aliphatic rings. The van der Waals surface area contributed by atoms with E-state index in [0.29, 0.717) is 27.1 Å². The van der Waals surface area contributed by atoms with Crippen LogP contribution in [0.15, 0.2) is 42.6 Å². The molecular formula is C25H25ClFN3O4S2. The average molecular weight is 550 g/mol. The molecule has 0 bridgehead atoms. The Bertz CT molecular complexity index is 1350. The zero-order chi connectivity index (χ0) is 25.7. The van der Waals surface area contributed by atoms with Gasteiger partial charge >= 0.3 is 0 Å². The number of nitrogens with one attached hydrogen (secondary N) is 2. The normalized spacial score (nSPS) is 17.5. The highest BCUT2D eigenvalue weighted by Gasteiger charge is 2.52. The van der Waals surface area contributed by atoms with Crippen LogP contribution in [0.1, 0.15) is 55.7 Å². The van der Waals surface area contributed by atoms with Gasteiger partial charge in [-0.15, -0.1) is 0 Å². The summed E-state index contributed by atoms with van der Waals surface area (Å²) in [5.41, 5.74) is 0.800.